The van der Waals surface area contributed by atoms with Crippen LogP contribution in [-0.2, 0) is 0 Å². The van der Waals surface area contributed by atoms with Crippen LogP contribution in [0.1, 0.15) is 10.4 Å². The molecule has 0 aliphatic carbocycles. The molecule has 2 N–H and O–H groups in total. The number of alkyl halides is 3. The van der Waals surface area contributed by atoms with E-state index in [2.05, 4.69) is 20.6 Å². The zero-order valence-corrected chi connectivity index (χ0v) is 8.84. The number of rotatable bonds is 4. The summed E-state index contributed by atoms with van der Waals surface area (Å²) in [7, 11) is 1.51. The Balaban J connectivity index is 2.59. The van der Waals surface area contributed by atoms with Gasteiger partial charge in [0.25, 0.3) is 5.91 Å². The van der Waals surface area contributed by atoms with Gasteiger partial charge in [-0.15, -0.1) is 0 Å². The van der Waals surface area contributed by atoms with Crippen molar-refractivity contribution in [1.29, 1.82) is 0 Å². The average molecular weight is 249 g/mol. The molecule has 0 aliphatic rings. The van der Waals surface area contributed by atoms with Crippen LogP contribution >= 0.6 is 0 Å². The molecule has 0 saturated carbocycles. The Morgan fingerprint density at radius 1 is 1.47 bits per heavy atom. The molecule has 0 aromatic carbocycles. The molecule has 1 aromatic heterocycles. The number of carbonyl (C=O) groups is 1. The average Bonchev–Trinajstić information content (AvgIpc) is 2.26. The number of hydrazine groups is 1. The molecule has 0 atom stereocenters. The molecule has 0 unspecified atom stereocenters. The van der Waals surface area contributed by atoms with Crippen molar-refractivity contribution < 1.29 is 22.7 Å². The van der Waals surface area contributed by atoms with Crippen LogP contribution < -0.4 is 15.6 Å². The lowest BCUT2D eigenvalue weighted by molar-refractivity contribution is -0.154. The van der Waals surface area contributed by atoms with Gasteiger partial charge in [0.05, 0.1) is 5.56 Å². The van der Waals surface area contributed by atoms with Crippen LogP contribution in [0.3, 0.4) is 0 Å². The number of amides is 1. The third kappa shape index (κ3) is 4.68. The fourth-order valence-electron chi connectivity index (χ4n) is 0.941. The summed E-state index contributed by atoms with van der Waals surface area (Å²) in [6, 6.07) is 2.50. The first-order chi connectivity index (χ1) is 7.92. The first-order valence-electron chi connectivity index (χ1n) is 4.55. The minimum Gasteiger partial charge on any atom is -0.468 e. The predicted molar refractivity (Wildman–Crippen MR) is 52.3 cm³/mol. The second kappa shape index (κ2) is 5.48. The van der Waals surface area contributed by atoms with Crippen LogP contribution in [0.4, 0.5) is 13.2 Å². The fraction of sp³-hybridized carbons (Fsp3) is 0.333. The summed E-state index contributed by atoms with van der Waals surface area (Å²) in [5.74, 6) is -0.634. The van der Waals surface area contributed by atoms with E-state index in [4.69, 9.17) is 0 Å². The lowest BCUT2D eigenvalue weighted by Gasteiger charge is -2.08. The van der Waals surface area contributed by atoms with Gasteiger partial charge in [0, 0.05) is 19.3 Å². The van der Waals surface area contributed by atoms with Crippen LogP contribution in [0.5, 0.6) is 5.88 Å². The molecule has 0 fully saturated rings. The third-order valence-electron chi connectivity index (χ3n) is 1.62. The number of nitrogens with one attached hydrogen (secondary N) is 2. The van der Waals surface area contributed by atoms with Gasteiger partial charge in [-0.3, -0.25) is 10.2 Å². The first-order valence-corrected chi connectivity index (χ1v) is 4.55. The quantitative estimate of drug-likeness (QED) is 0.778. The maximum atomic E-state index is 11.8. The Morgan fingerprint density at radius 3 is 2.65 bits per heavy atom. The zero-order chi connectivity index (χ0) is 12.9. The summed E-state index contributed by atoms with van der Waals surface area (Å²) in [5, 5.41) is 0. The largest absolute Gasteiger partial charge is 0.468 e. The van der Waals surface area contributed by atoms with Gasteiger partial charge in [-0.05, 0) is 6.07 Å². The van der Waals surface area contributed by atoms with E-state index in [1.165, 1.54) is 19.2 Å². The Hall–Kier alpha value is -1.83. The van der Waals surface area contributed by atoms with Gasteiger partial charge in [0.1, 0.15) is 0 Å². The lowest BCUT2D eigenvalue weighted by Crippen LogP contribution is -2.34. The van der Waals surface area contributed by atoms with E-state index in [-0.39, 0.29) is 11.4 Å². The fourth-order valence-corrected chi connectivity index (χ4v) is 0.941. The van der Waals surface area contributed by atoms with Crippen LogP contribution in [0.15, 0.2) is 18.3 Å². The standard InChI is InChI=1S/C9H10F3N3O2/c1-13-15-8(16)6-2-3-7(14-4-6)17-5-9(10,11)12/h2-4,13H,5H2,1H3,(H,15,16). The lowest BCUT2D eigenvalue weighted by atomic mass is 10.3. The molecule has 1 aromatic rings. The first kappa shape index (κ1) is 13.2. The van der Waals surface area contributed by atoms with E-state index in [1.54, 1.807) is 0 Å². The summed E-state index contributed by atoms with van der Waals surface area (Å²) < 4.78 is 39.9. The number of nitrogens with zero attached hydrogens (tertiary/aromatic N) is 1. The van der Waals surface area contributed by atoms with Gasteiger partial charge in [0.15, 0.2) is 6.61 Å². The van der Waals surface area contributed by atoms with Crippen molar-refractivity contribution in [3.63, 3.8) is 0 Å². The molecule has 0 spiro atoms. The van der Waals surface area contributed by atoms with Gasteiger partial charge >= 0.3 is 6.18 Å². The molecular formula is C9H10F3N3O2. The van der Waals surface area contributed by atoms with Gasteiger partial charge < -0.3 is 4.74 Å². The minimum atomic E-state index is -4.41. The Morgan fingerprint density at radius 2 is 2.18 bits per heavy atom. The summed E-state index contributed by atoms with van der Waals surface area (Å²) >= 11 is 0. The number of halogens is 3. The molecular weight excluding hydrogens is 239 g/mol. The van der Waals surface area contributed by atoms with Crippen LogP contribution in [-0.4, -0.2) is 30.7 Å². The number of aromatic nitrogens is 1. The molecule has 0 bridgehead atoms. The van der Waals surface area contributed by atoms with Crippen molar-refractivity contribution in [2.45, 2.75) is 6.18 Å². The van der Waals surface area contributed by atoms with E-state index in [1.807, 2.05) is 0 Å². The van der Waals surface area contributed by atoms with Gasteiger partial charge in [-0.25, -0.2) is 10.4 Å². The molecule has 0 radical (unpaired) electrons. The highest BCUT2D eigenvalue weighted by atomic mass is 19.4. The maximum Gasteiger partial charge on any atom is 0.422 e. The summed E-state index contributed by atoms with van der Waals surface area (Å²) in [6.07, 6.45) is -3.29. The van der Waals surface area contributed by atoms with Crippen molar-refractivity contribution in [2.24, 2.45) is 0 Å². The van der Waals surface area contributed by atoms with Gasteiger partial charge in [-0.2, -0.15) is 13.2 Å². The van der Waals surface area contributed by atoms with Gasteiger partial charge in [0.2, 0.25) is 5.88 Å². The number of carbonyl (C=O) groups excluding carboxylic acids is 1. The van der Waals surface area contributed by atoms with E-state index in [0.717, 1.165) is 6.20 Å². The van der Waals surface area contributed by atoms with Crippen LogP contribution in [0, 0.1) is 0 Å². The number of hydrogen-bond donors (Lipinski definition) is 2. The maximum absolute atomic E-state index is 11.8. The SMILES string of the molecule is CNNC(=O)c1ccc(OCC(F)(F)F)nc1. The molecule has 1 rings (SSSR count). The second-order valence-electron chi connectivity index (χ2n) is 2.99. The molecule has 8 heteroatoms. The van der Waals surface area contributed by atoms with E-state index in [0.29, 0.717) is 0 Å². The summed E-state index contributed by atoms with van der Waals surface area (Å²) in [4.78, 5) is 14.8. The Labute approximate surface area is 95.0 Å². The monoisotopic (exact) mass is 249 g/mol. The molecule has 1 heterocycles. The highest BCUT2D eigenvalue weighted by Gasteiger charge is 2.28. The predicted octanol–water partition coefficient (Wildman–Crippen LogP) is 0.887. The van der Waals surface area contributed by atoms with E-state index in [9.17, 15) is 18.0 Å². The Bertz CT molecular complexity index is 378. The Kier molecular flexibility index (Phi) is 4.27. The molecule has 0 saturated heterocycles. The highest BCUT2D eigenvalue weighted by molar-refractivity contribution is 5.93. The number of hydrogen-bond acceptors (Lipinski definition) is 4. The third-order valence-corrected chi connectivity index (χ3v) is 1.62. The van der Waals surface area contributed by atoms with E-state index < -0.39 is 18.7 Å². The van der Waals surface area contributed by atoms with Crippen molar-refractivity contribution in [3.05, 3.63) is 23.9 Å². The van der Waals surface area contributed by atoms with Crippen LogP contribution in [0.2, 0.25) is 0 Å². The minimum absolute atomic E-state index is 0.191. The van der Waals surface area contributed by atoms with Crippen molar-refractivity contribution in [3.8, 4) is 5.88 Å². The molecule has 94 valence electrons. The number of ether oxygens (including phenoxy) is 1. The van der Waals surface area contributed by atoms with E-state index >= 15 is 0 Å². The summed E-state index contributed by atoms with van der Waals surface area (Å²) in [5.41, 5.74) is 4.91. The molecule has 5 nitrogen and oxygen atoms in total. The van der Waals surface area contributed by atoms with Crippen LogP contribution in [0.25, 0.3) is 0 Å². The highest BCUT2D eigenvalue weighted by Crippen LogP contribution is 2.16. The van der Waals surface area contributed by atoms with Crippen molar-refractivity contribution in [2.75, 3.05) is 13.7 Å². The molecule has 1 amide bonds. The molecule has 0 aliphatic heterocycles. The zero-order valence-electron chi connectivity index (χ0n) is 8.84. The molecule has 17 heavy (non-hydrogen) atoms. The topological polar surface area (TPSA) is 63.2 Å². The van der Waals surface area contributed by atoms with Gasteiger partial charge in [-0.1, -0.05) is 0 Å². The van der Waals surface area contributed by atoms with Crippen molar-refractivity contribution >= 4 is 5.91 Å². The summed E-state index contributed by atoms with van der Waals surface area (Å²) in [6.45, 7) is -1.41. The van der Waals surface area contributed by atoms with Crippen molar-refractivity contribution in [1.82, 2.24) is 15.8 Å². The smallest absolute Gasteiger partial charge is 0.422 e. The second-order valence-corrected chi connectivity index (χ2v) is 2.99. The normalized spacial score (nSPS) is 11.1. The number of pyridine rings is 1.